The second-order valence-corrected chi connectivity index (χ2v) is 8.65. The van der Waals surface area contributed by atoms with Gasteiger partial charge in [-0.3, -0.25) is 0 Å². The normalized spacial score (nSPS) is 16.9. The van der Waals surface area contributed by atoms with Gasteiger partial charge in [0.25, 0.3) is 0 Å². The Morgan fingerprint density at radius 2 is 2.00 bits per heavy atom. The topological polar surface area (TPSA) is 70.6 Å². The quantitative estimate of drug-likeness (QED) is 0.709. The summed E-state index contributed by atoms with van der Waals surface area (Å²) in [4.78, 5) is 12.7. The highest BCUT2D eigenvalue weighted by Gasteiger charge is 2.26. The average Bonchev–Trinajstić information content (AvgIpc) is 3.03. The van der Waals surface area contributed by atoms with Gasteiger partial charge in [0, 0.05) is 11.6 Å². The van der Waals surface area contributed by atoms with Gasteiger partial charge >= 0.3 is 6.03 Å². The largest absolute Gasteiger partial charge is 0.494 e. The second kappa shape index (κ2) is 8.03. The van der Waals surface area contributed by atoms with Crippen molar-refractivity contribution in [2.75, 3.05) is 12.4 Å². The van der Waals surface area contributed by atoms with Crippen molar-refractivity contribution >= 4 is 11.7 Å². The van der Waals surface area contributed by atoms with E-state index in [0.29, 0.717) is 35.4 Å². The maximum absolute atomic E-state index is 14.0. The monoisotopic (exact) mass is 400 g/mol. The molecule has 0 radical (unpaired) electrons. The van der Waals surface area contributed by atoms with Gasteiger partial charge < -0.3 is 20.5 Å². The molecule has 2 aromatic carbocycles. The number of nitrogens with one attached hydrogen (secondary N) is 2. The molecule has 1 aliphatic carbocycles. The predicted molar refractivity (Wildman–Crippen MR) is 112 cm³/mol. The molecule has 6 heteroatoms. The fraction of sp³-hybridized carbons (Fsp3) is 0.435. The zero-order valence-corrected chi connectivity index (χ0v) is 17.6. The van der Waals surface area contributed by atoms with Crippen LogP contribution in [-0.2, 0) is 18.3 Å². The molecular formula is C23H29FN2O3. The van der Waals surface area contributed by atoms with E-state index >= 15 is 0 Å². The molecule has 0 saturated heterocycles. The number of anilines is 1. The number of benzene rings is 2. The Hall–Kier alpha value is -2.60. The van der Waals surface area contributed by atoms with E-state index in [1.807, 2.05) is 18.2 Å². The van der Waals surface area contributed by atoms with E-state index in [0.717, 1.165) is 11.1 Å². The summed E-state index contributed by atoms with van der Waals surface area (Å²) in [6.07, 6.45) is 0.315. The lowest BCUT2D eigenvalue weighted by molar-refractivity contribution is 0.194. The summed E-state index contributed by atoms with van der Waals surface area (Å²) < 4.78 is 19.4. The van der Waals surface area contributed by atoms with Crippen molar-refractivity contribution in [1.29, 1.82) is 0 Å². The standard InChI is InChI=1S/C23H29FN2O3/c1-13(27)17-10-15(23(2,3)4)11-20(21(17)29-5)26-22(28)25-16-9-14-7-6-8-19(24)18(14)12-16/h6-8,10-11,13,16,27H,9,12H2,1-5H3,(H2,25,26,28)/t13-,16-/m0/s1. The summed E-state index contributed by atoms with van der Waals surface area (Å²) in [6.45, 7) is 7.86. The molecule has 0 aromatic heterocycles. The summed E-state index contributed by atoms with van der Waals surface area (Å²) in [5, 5.41) is 16.0. The number of hydrogen-bond donors (Lipinski definition) is 3. The maximum Gasteiger partial charge on any atom is 0.319 e. The number of halogens is 1. The number of amides is 2. The highest BCUT2D eigenvalue weighted by Crippen LogP contribution is 2.38. The van der Waals surface area contributed by atoms with Gasteiger partial charge in [0.1, 0.15) is 11.6 Å². The molecule has 5 nitrogen and oxygen atoms in total. The number of methoxy groups -OCH3 is 1. The van der Waals surface area contributed by atoms with Gasteiger partial charge in [0.15, 0.2) is 0 Å². The smallest absolute Gasteiger partial charge is 0.319 e. The fourth-order valence-electron chi connectivity index (χ4n) is 3.77. The third kappa shape index (κ3) is 4.53. The molecule has 2 atom stereocenters. The van der Waals surface area contributed by atoms with Gasteiger partial charge in [0.2, 0.25) is 0 Å². The predicted octanol–water partition coefficient (Wildman–Crippen LogP) is 4.47. The van der Waals surface area contributed by atoms with Crippen LogP contribution in [0.2, 0.25) is 0 Å². The van der Waals surface area contributed by atoms with E-state index in [-0.39, 0.29) is 23.3 Å². The number of carbonyl (C=O) groups is 1. The number of hydrogen-bond acceptors (Lipinski definition) is 3. The third-order valence-electron chi connectivity index (χ3n) is 5.35. The first-order valence-electron chi connectivity index (χ1n) is 9.84. The van der Waals surface area contributed by atoms with Crippen LogP contribution >= 0.6 is 0 Å². The van der Waals surface area contributed by atoms with Gasteiger partial charge in [-0.2, -0.15) is 0 Å². The number of urea groups is 1. The van der Waals surface area contributed by atoms with E-state index in [1.165, 1.54) is 13.2 Å². The van der Waals surface area contributed by atoms with Crippen molar-refractivity contribution in [3.63, 3.8) is 0 Å². The van der Waals surface area contributed by atoms with Crippen molar-refractivity contribution < 1.29 is 19.0 Å². The molecule has 0 bridgehead atoms. The van der Waals surface area contributed by atoms with E-state index in [1.54, 1.807) is 13.0 Å². The van der Waals surface area contributed by atoms with Gasteiger partial charge in [-0.25, -0.2) is 9.18 Å². The number of fused-ring (bicyclic) bond motifs is 1. The molecule has 3 N–H and O–H groups in total. The van der Waals surface area contributed by atoms with Crippen molar-refractivity contribution in [3.8, 4) is 5.75 Å². The van der Waals surface area contributed by atoms with Crippen LogP contribution in [0.4, 0.5) is 14.9 Å². The minimum atomic E-state index is -0.747. The molecule has 1 aliphatic rings. The van der Waals surface area contributed by atoms with Crippen LogP contribution in [-0.4, -0.2) is 24.3 Å². The van der Waals surface area contributed by atoms with E-state index in [4.69, 9.17) is 4.74 Å². The molecule has 2 aromatic rings. The van der Waals surface area contributed by atoms with Crippen LogP contribution in [0.25, 0.3) is 0 Å². The first kappa shape index (κ1) is 21.1. The molecule has 0 aliphatic heterocycles. The minimum Gasteiger partial charge on any atom is -0.494 e. The number of carbonyl (C=O) groups excluding carboxylic acids is 1. The van der Waals surface area contributed by atoms with Crippen LogP contribution in [0, 0.1) is 5.82 Å². The SMILES string of the molecule is COc1c(NC(=O)N[C@H]2Cc3cccc(F)c3C2)cc(C(C)(C)C)cc1[C@H](C)O. The first-order valence-corrected chi connectivity index (χ1v) is 9.84. The van der Waals surface area contributed by atoms with Crippen molar-refractivity contribution in [1.82, 2.24) is 5.32 Å². The second-order valence-electron chi connectivity index (χ2n) is 8.65. The van der Waals surface area contributed by atoms with Crippen molar-refractivity contribution in [2.45, 2.75) is 58.1 Å². The summed E-state index contributed by atoms with van der Waals surface area (Å²) >= 11 is 0. The van der Waals surface area contributed by atoms with E-state index in [9.17, 15) is 14.3 Å². The lowest BCUT2D eigenvalue weighted by atomic mass is 9.85. The van der Waals surface area contributed by atoms with Gasteiger partial charge in [-0.15, -0.1) is 0 Å². The highest BCUT2D eigenvalue weighted by molar-refractivity contribution is 5.92. The number of aliphatic hydroxyl groups excluding tert-OH is 1. The fourth-order valence-corrected chi connectivity index (χ4v) is 3.77. The molecule has 156 valence electrons. The Morgan fingerprint density at radius 1 is 1.28 bits per heavy atom. The molecule has 0 saturated carbocycles. The highest BCUT2D eigenvalue weighted by atomic mass is 19.1. The minimum absolute atomic E-state index is 0.171. The van der Waals surface area contributed by atoms with Crippen molar-refractivity contribution in [3.05, 3.63) is 58.4 Å². The van der Waals surface area contributed by atoms with Crippen LogP contribution in [0.5, 0.6) is 5.75 Å². The lowest BCUT2D eigenvalue weighted by Crippen LogP contribution is -2.38. The Bertz CT molecular complexity index is 919. The molecule has 0 spiro atoms. The van der Waals surface area contributed by atoms with Crippen LogP contribution in [0.3, 0.4) is 0 Å². The Labute approximate surface area is 171 Å². The summed E-state index contributed by atoms with van der Waals surface area (Å²) in [6, 6.07) is 8.25. The molecule has 3 rings (SSSR count). The number of ether oxygens (including phenoxy) is 1. The third-order valence-corrected chi connectivity index (χ3v) is 5.35. The molecule has 0 unspecified atom stereocenters. The first-order chi connectivity index (χ1) is 13.6. The summed E-state index contributed by atoms with van der Waals surface area (Å²) in [7, 11) is 1.51. The molecule has 0 heterocycles. The van der Waals surface area contributed by atoms with Crippen LogP contribution in [0.1, 0.15) is 56.1 Å². The summed E-state index contributed by atoms with van der Waals surface area (Å²) in [5.41, 5.74) is 3.51. The molecule has 0 fully saturated rings. The van der Waals surface area contributed by atoms with Gasteiger partial charge in [-0.1, -0.05) is 32.9 Å². The van der Waals surface area contributed by atoms with Crippen LogP contribution < -0.4 is 15.4 Å². The average molecular weight is 400 g/mol. The zero-order valence-electron chi connectivity index (χ0n) is 17.6. The van der Waals surface area contributed by atoms with Gasteiger partial charge in [0.05, 0.1) is 18.9 Å². The van der Waals surface area contributed by atoms with Gasteiger partial charge in [-0.05, 0) is 60.1 Å². The van der Waals surface area contributed by atoms with Crippen LogP contribution in [0.15, 0.2) is 30.3 Å². The van der Waals surface area contributed by atoms with Crippen molar-refractivity contribution in [2.24, 2.45) is 0 Å². The Balaban J connectivity index is 1.81. The number of rotatable bonds is 4. The Morgan fingerprint density at radius 3 is 2.59 bits per heavy atom. The number of aliphatic hydroxyl groups is 1. The Kier molecular flexibility index (Phi) is 5.85. The van der Waals surface area contributed by atoms with E-state index < -0.39 is 6.10 Å². The molecular weight excluding hydrogens is 371 g/mol. The maximum atomic E-state index is 14.0. The summed E-state index contributed by atoms with van der Waals surface area (Å²) in [5.74, 6) is 0.206. The lowest BCUT2D eigenvalue weighted by Gasteiger charge is -2.25. The molecule has 29 heavy (non-hydrogen) atoms. The zero-order chi connectivity index (χ0) is 21.3. The molecule has 2 amide bonds. The van der Waals surface area contributed by atoms with E-state index in [2.05, 4.69) is 31.4 Å².